The highest BCUT2D eigenvalue weighted by Crippen LogP contribution is 2.22. The minimum atomic E-state index is -0.491. The molecule has 1 atom stereocenters. The Morgan fingerprint density at radius 3 is 3.00 bits per heavy atom. The smallest absolute Gasteiger partial charge is 0.407 e. The van der Waals surface area contributed by atoms with Gasteiger partial charge in [0.05, 0.1) is 0 Å². The van der Waals surface area contributed by atoms with Crippen molar-refractivity contribution in [3.63, 3.8) is 0 Å². The number of alkyl carbamates (subject to hydrolysis) is 1. The monoisotopic (exact) mass is 312 g/mol. The van der Waals surface area contributed by atoms with Gasteiger partial charge < -0.3 is 15.0 Å². The molecule has 1 amide bonds. The van der Waals surface area contributed by atoms with E-state index in [-0.39, 0.29) is 6.04 Å². The van der Waals surface area contributed by atoms with Crippen LogP contribution in [0.15, 0.2) is 12.3 Å². The van der Waals surface area contributed by atoms with Gasteiger partial charge in [-0.2, -0.15) is 0 Å². The van der Waals surface area contributed by atoms with Gasteiger partial charge in [0.25, 0.3) is 0 Å². The molecule has 2 heterocycles. The number of rotatable bonds is 3. The zero-order chi connectivity index (χ0) is 15.5. The molecule has 7 heteroatoms. The molecule has 0 spiro atoms. The van der Waals surface area contributed by atoms with E-state index in [9.17, 15) is 4.79 Å². The standard InChI is InChI=1S/C14H21ClN4O2/c1-14(2,3)21-13(20)17-9-10-5-4-8-19(10)12-16-7-6-11(15)18-12/h6-7,10H,4-5,8-9H2,1-3H3,(H,17,20). The molecule has 1 aliphatic rings. The lowest BCUT2D eigenvalue weighted by Gasteiger charge is -2.26. The summed E-state index contributed by atoms with van der Waals surface area (Å²) in [4.78, 5) is 22.3. The minimum Gasteiger partial charge on any atom is -0.444 e. The van der Waals surface area contributed by atoms with Gasteiger partial charge in [0.1, 0.15) is 10.8 Å². The van der Waals surface area contributed by atoms with Crippen LogP contribution in [0.2, 0.25) is 5.15 Å². The number of aromatic nitrogens is 2. The molecule has 0 aliphatic carbocycles. The quantitative estimate of drug-likeness (QED) is 0.869. The molecule has 1 aromatic heterocycles. The number of nitrogens with zero attached hydrogens (tertiary/aromatic N) is 3. The van der Waals surface area contributed by atoms with Gasteiger partial charge >= 0.3 is 6.09 Å². The molecule has 6 nitrogen and oxygen atoms in total. The van der Waals surface area contributed by atoms with Gasteiger partial charge in [-0.05, 0) is 39.7 Å². The van der Waals surface area contributed by atoms with Crippen molar-refractivity contribution in [3.8, 4) is 0 Å². The van der Waals surface area contributed by atoms with E-state index in [1.165, 1.54) is 0 Å². The molecule has 0 radical (unpaired) electrons. The number of amides is 1. The predicted molar refractivity (Wildman–Crippen MR) is 81.6 cm³/mol. The van der Waals surface area contributed by atoms with Crippen molar-refractivity contribution < 1.29 is 9.53 Å². The molecule has 116 valence electrons. The Kier molecular flexibility index (Phi) is 4.88. The number of carbonyl (C=O) groups excluding carboxylic acids is 1. The molecule has 1 fully saturated rings. The van der Waals surface area contributed by atoms with Gasteiger partial charge in [0.15, 0.2) is 0 Å². The normalized spacial score (nSPS) is 18.7. The van der Waals surface area contributed by atoms with Gasteiger partial charge in [0, 0.05) is 25.3 Å². The Morgan fingerprint density at radius 2 is 2.33 bits per heavy atom. The van der Waals surface area contributed by atoms with E-state index < -0.39 is 11.7 Å². The fraction of sp³-hybridized carbons (Fsp3) is 0.643. The molecule has 1 N–H and O–H groups in total. The second kappa shape index (κ2) is 6.47. The number of anilines is 1. The molecule has 1 saturated heterocycles. The molecule has 2 rings (SSSR count). The largest absolute Gasteiger partial charge is 0.444 e. The summed E-state index contributed by atoms with van der Waals surface area (Å²) in [6.07, 6.45) is 3.25. The number of halogens is 1. The zero-order valence-electron chi connectivity index (χ0n) is 12.6. The highest BCUT2D eigenvalue weighted by molar-refractivity contribution is 6.29. The number of carbonyl (C=O) groups is 1. The van der Waals surface area contributed by atoms with E-state index in [0.717, 1.165) is 19.4 Å². The van der Waals surface area contributed by atoms with Crippen molar-refractivity contribution in [1.82, 2.24) is 15.3 Å². The summed E-state index contributed by atoms with van der Waals surface area (Å²) in [6, 6.07) is 1.81. The van der Waals surface area contributed by atoms with Gasteiger partial charge in [-0.1, -0.05) is 11.6 Å². The first-order valence-electron chi connectivity index (χ1n) is 7.07. The van der Waals surface area contributed by atoms with Crippen LogP contribution >= 0.6 is 11.6 Å². The highest BCUT2D eigenvalue weighted by Gasteiger charge is 2.27. The average Bonchev–Trinajstić information content (AvgIpc) is 2.82. The second-order valence-corrected chi connectivity index (χ2v) is 6.44. The molecule has 0 aromatic carbocycles. The van der Waals surface area contributed by atoms with Crippen molar-refractivity contribution in [1.29, 1.82) is 0 Å². The summed E-state index contributed by atoms with van der Waals surface area (Å²) >= 11 is 5.90. The Labute approximate surface area is 129 Å². The van der Waals surface area contributed by atoms with Crippen LogP contribution in [-0.4, -0.2) is 40.8 Å². The van der Waals surface area contributed by atoms with E-state index in [2.05, 4.69) is 20.2 Å². The maximum atomic E-state index is 11.7. The summed E-state index contributed by atoms with van der Waals surface area (Å²) in [6.45, 7) is 6.89. The lowest BCUT2D eigenvalue weighted by Crippen LogP contribution is -2.42. The molecule has 1 unspecified atom stereocenters. The summed E-state index contributed by atoms with van der Waals surface area (Å²) in [7, 11) is 0. The average molecular weight is 313 g/mol. The topological polar surface area (TPSA) is 67.3 Å². The van der Waals surface area contributed by atoms with Crippen molar-refractivity contribution in [2.45, 2.75) is 45.3 Å². The molecular weight excluding hydrogens is 292 g/mol. The van der Waals surface area contributed by atoms with E-state index in [0.29, 0.717) is 17.6 Å². The van der Waals surface area contributed by atoms with Crippen molar-refractivity contribution >= 4 is 23.6 Å². The van der Waals surface area contributed by atoms with E-state index in [1.54, 1.807) is 12.3 Å². The van der Waals surface area contributed by atoms with Crippen LogP contribution < -0.4 is 10.2 Å². The molecule has 0 saturated carbocycles. The first kappa shape index (κ1) is 15.8. The Morgan fingerprint density at radius 1 is 1.57 bits per heavy atom. The van der Waals surface area contributed by atoms with Crippen molar-refractivity contribution in [2.75, 3.05) is 18.0 Å². The molecule has 0 bridgehead atoms. The number of hydrogen-bond acceptors (Lipinski definition) is 5. The van der Waals surface area contributed by atoms with Crippen molar-refractivity contribution in [2.24, 2.45) is 0 Å². The second-order valence-electron chi connectivity index (χ2n) is 6.05. The highest BCUT2D eigenvalue weighted by atomic mass is 35.5. The van der Waals surface area contributed by atoms with Crippen LogP contribution in [0.4, 0.5) is 10.7 Å². The van der Waals surface area contributed by atoms with E-state index >= 15 is 0 Å². The minimum absolute atomic E-state index is 0.163. The number of nitrogens with one attached hydrogen (secondary N) is 1. The molecule has 21 heavy (non-hydrogen) atoms. The van der Waals surface area contributed by atoms with Crippen LogP contribution in [0.3, 0.4) is 0 Å². The third-order valence-electron chi connectivity index (χ3n) is 3.12. The summed E-state index contributed by atoms with van der Waals surface area (Å²) in [5.74, 6) is 0.607. The summed E-state index contributed by atoms with van der Waals surface area (Å²) < 4.78 is 5.24. The first-order valence-corrected chi connectivity index (χ1v) is 7.45. The number of ether oxygens (including phenoxy) is 1. The van der Waals surface area contributed by atoms with Crippen LogP contribution in [0.1, 0.15) is 33.6 Å². The number of hydrogen-bond donors (Lipinski definition) is 1. The SMILES string of the molecule is CC(C)(C)OC(=O)NCC1CCCN1c1nccc(Cl)n1. The van der Waals surface area contributed by atoms with Crippen LogP contribution in [0, 0.1) is 0 Å². The maximum absolute atomic E-state index is 11.7. The third-order valence-corrected chi connectivity index (χ3v) is 3.33. The van der Waals surface area contributed by atoms with Crippen LogP contribution in [-0.2, 0) is 4.74 Å². The van der Waals surface area contributed by atoms with Crippen LogP contribution in [0.5, 0.6) is 0 Å². The Hall–Kier alpha value is -1.56. The van der Waals surface area contributed by atoms with Crippen LogP contribution in [0.25, 0.3) is 0 Å². The Bertz CT molecular complexity index is 504. The van der Waals surface area contributed by atoms with E-state index in [1.807, 2.05) is 20.8 Å². The lowest BCUT2D eigenvalue weighted by molar-refractivity contribution is 0.0525. The van der Waals surface area contributed by atoms with Gasteiger partial charge in [-0.25, -0.2) is 14.8 Å². The Balaban J connectivity index is 1.92. The zero-order valence-corrected chi connectivity index (χ0v) is 13.4. The summed E-state index contributed by atoms with van der Waals surface area (Å²) in [5, 5.41) is 3.23. The lowest BCUT2D eigenvalue weighted by atomic mass is 10.2. The van der Waals surface area contributed by atoms with E-state index in [4.69, 9.17) is 16.3 Å². The molecular formula is C14H21ClN4O2. The molecule has 1 aromatic rings. The summed E-state index contributed by atoms with van der Waals surface area (Å²) in [5.41, 5.74) is -0.491. The van der Waals surface area contributed by atoms with Gasteiger partial charge in [-0.15, -0.1) is 0 Å². The first-order chi connectivity index (χ1) is 9.85. The fourth-order valence-corrected chi connectivity index (χ4v) is 2.42. The predicted octanol–water partition coefficient (Wildman–Crippen LogP) is 2.62. The third kappa shape index (κ3) is 4.74. The van der Waals surface area contributed by atoms with Gasteiger partial charge in [-0.3, -0.25) is 0 Å². The molecule has 1 aliphatic heterocycles. The maximum Gasteiger partial charge on any atom is 0.407 e. The van der Waals surface area contributed by atoms with Crippen molar-refractivity contribution in [3.05, 3.63) is 17.4 Å². The fourth-order valence-electron chi connectivity index (χ4n) is 2.29. The van der Waals surface area contributed by atoms with Gasteiger partial charge in [0.2, 0.25) is 5.95 Å².